The van der Waals surface area contributed by atoms with E-state index in [0.29, 0.717) is 11.9 Å². The molecule has 0 aromatic heterocycles. The molecule has 0 aromatic carbocycles. The molecule has 0 aliphatic carbocycles. The van der Waals surface area contributed by atoms with Gasteiger partial charge in [-0.25, -0.2) is 9.52 Å². The van der Waals surface area contributed by atoms with E-state index < -0.39 is 42.3 Å². The molecule has 0 radical (unpaired) electrons. The van der Waals surface area contributed by atoms with Crippen LogP contribution in [0.2, 0.25) is 0 Å². The van der Waals surface area contributed by atoms with E-state index in [1.54, 1.807) is 0 Å². The predicted octanol–water partition coefficient (Wildman–Crippen LogP) is -0.872. The van der Waals surface area contributed by atoms with E-state index in [4.69, 9.17) is 15.9 Å². The predicted molar refractivity (Wildman–Crippen MR) is 89.5 cm³/mol. The molecule has 0 heterocycles. The zero-order chi connectivity index (χ0) is 19.6. The lowest BCUT2D eigenvalue weighted by Gasteiger charge is -2.21. The van der Waals surface area contributed by atoms with E-state index in [2.05, 4.69) is 10.0 Å². The van der Waals surface area contributed by atoms with Gasteiger partial charge in [0.1, 0.15) is 11.8 Å². The van der Waals surface area contributed by atoms with Crippen LogP contribution in [-0.4, -0.2) is 57.6 Å². The number of nitrogens with one attached hydrogen (secondary N) is 2. The van der Waals surface area contributed by atoms with E-state index in [0.717, 1.165) is 0 Å². The average molecular weight is 377 g/mol. The van der Waals surface area contributed by atoms with Gasteiger partial charge in [0.05, 0.1) is 12.5 Å². The Bertz CT molecular complexity index is 527. The van der Waals surface area contributed by atoms with Gasteiger partial charge in [-0.15, -0.1) is 0 Å². The minimum Gasteiger partial charge on any atom is -0.481 e. The van der Waals surface area contributed by atoms with Gasteiger partial charge in [-0.05, 0) is 31.7 Å². The number of hydrogen-bond acceptors (Lipinski definition) is 8. The number of ketones is 1. The summed E-state index contributed by atoms with van der Waals surface area (Å²) < 4.78 is 2.60. The number of hydrogen-bond donors (Lipinski definition) is 5. The first kappa shape index (κ1) is 23.0. The van der Waals surface area contributed by atoms with E-state index >= 15 is 0 Å². The van der Waals surface area contributed by atoms with Crippen LogP contribution in [0.5, 0.6) is 0 Å². The van der Waals surface area contributed by atoms with Crippen LogP contribution in [0.3, 0.4) is 0 Å². The van der Waals surface area contributed by atoms with Crippen molar-refractivity contribution in [1.29, 1.82) is 0 Å². The zero-order valence-corrected chi connectivity index (χ0v) is 14.8. The van der Waals surface area contributed by atoms with Crippen LogP contribution in [-0.2, 0) is 24.0 Å². The number of carbonyl (C=O) groups excluding carboxylic acids is 3. The van der Waals surface area contributed by atoms with Gasteiger partial charge in [-0.2, -0.15) is 0 Å². The molecular formula is C14H23N3O7S. The third-order valence-electron chi connectivity index (χ3n) is 3.32. The second-order valence-corrected chi connectivity index (χ2v) is 6.40. The van der Waals surface area contributed by atoms with Crippen molar-refractivity contribution in [2.75, 3.05) is 6.54 Å². The van der Waals surface area contributed by atoms with Crippen molar-refractivity contribution in [2.24, 2.45) is 11.7 Å². The molecule has 0 bridgehead atoms. The van der Waals surface area contributed by atoms with E-state index in [9.17, 15) is 24.0 Å². The summed E-state index contributed by atoms with van der Waals surface area (Å²) >= 11 is 0.655. The number of nitrogens with two attached hydrogens (primary N) is 1. The molecule has 1 unspecified atom stereocenters. The quantitative estimate of drug-likeness (QED) is 0.269. The lowest BCUT2D eigenvalue weighted by atomic mass is 9.96. The number of carbonyl (C=O) groups is 5. The van der Waals surface area contributed by atoms with Crippen LogP contribution >= 0.6 is 11.9 Å². The third kappa shape index (κ3) is 9.79. The largest absolute Gasteiger partial charge is 0.481 e. The number of carboxylic acids is 2. The highest BCUT2D eigenvalue weighted by molar-refractivity contribution is 8.11. The number of amides is 1. The number of carboxylic acid groups (broad SMARTS) is 2. The molecule has 142 valence electrons. The summed E-state index contributed by atoms with van der Waals surface area (Å²) in [6.07, 6.45) is -0.411. The van der Waals surface area contributed by atoms with Crippen LogP contribution in [0.1, 0.15) is 33.1 Å². The van der Waals surface area contributed by atoms with Crippen molar-refractivity contribution < 1.29 is 34.2 Å². The van der Waals surface area contributed by atoms with Crippen LogP contribution in [0.15, 0.2) is 0 Å². The molecule has 25 heavy (non-hydrogen) atoms. The summed E-state index contributed by atoms with van der Waals surface area (Å²) in [4.78, 5) is 56.5. The topological polar surface area (TPSA) is 176 Å². The average Bonchev–Trinajstić information content (AvgIpc) is 2.48. The van der Waals surface area contributed by atoms with Gasteiger partial charge in [-0.1, -0.05) is 0 Å². The molecule has 0 saturated heterocycles. The summed E-state index contributed by atoms with van der Waals surface area (Å²) in [6, 6.07) is -2.59. The molecule has 0 spiro atoms. The molecular weight excluding hydrogens is 354 g/mol. The summed E-state index contributed by atoms with van der Waals surface area (Å²) in [7, 11) is 0. The van der Waals surface area contributed by atoms with Crippen molar-refractivity contribution in [1.82, 2.24) is 10.0 Å². The van der Waals surface area contributed by atoms with Crippen LogP contribution < -0.4 is 15.8 Å². The van der Waals surface area contributed by atoms with Gasteiger partial charge in [0.25, 0.3) is 0 Å². The third-order valence-corrected chi connectivity index (χ3v) is 4.01. The lowest BCUT2D eigenvalue weighted by molar-refractivity contribution is -0.147. The lowest BCUT2D eigenvalue weighted by Crippen LogP contribution is -2.50. The Morgan fingerprint density at radius 3 is 2.04 bits per heavy atom. The van der Waals surface area contributed by atoms with Gasteiger partial charge in [-0.3, -0.25) is 19.2 Å². The number of Topliss-reactive ketones (excluding diaryl/α,β-unsaturated/α-hetero) is 1. The van der Waals surface area contributed by atoms with Gasteiger partial charge in [0.2, 0.25) is 11.0 Å². The SMILES string of the molecule is CC(=O)SN[C@@H](CCC(CN)C(C)=O)C(=O)N[C@@H](CC(=O)O)C(=O)O. The molecule has 0 aliphatic rings. The second-order valence-electron chi connectivity index (χ2n) is 5.38. The first-order chi connectivity index (χ1) is 11.6. The Morgan fingerprint density at radius 1 is 1.04 bits per heavy atom. The highest BCUT2D eigenvalue weighted by atomic mass is 32.2. The Labute approximate surface area is 149 Å². The maximum Gasteiger partial charge on any atom is 0.326 e. The molecule has 0 aliphatic heterocycles. The highest BCUT2D eigenvalue weighted by Crippen LogP contribution is 2.12. The normalized spacial score (nSPS) is 14.2. The molecule has 0 aromatic rings. The van der Waals surface area contributed by atoms with E-state index in [-0.39, 0.29) is 30.3 Å². The fourth-order valence-corrected chi connectivity index (χ4v) is 2.43. The van der Waals surface area contributed by atoms with Crippen LogP contribution in [0.4, 0.5) is 0 Å². The van der Waals surface area contributed by atoms with Crippen molar-refractivity contribution in [2.45, 2.75) is 45.2 Å². The molecule has 6 N–H and O–H groups in total. The van der Waals surface area contributed by atoms with E-state index in [1.165, 1.54) is 13.8 Å². The standard InChI is InChI=1S/C14H23N3O7S/c1-7(18)9(6-15)3-4-10(17-25-8(2)19)13(22)16-11(14(23)24)5-12(20)21/h9-11,17H,3-6,15H2,1-2H3,(H,16,22)(H,20,21)(H,23,24)/t9?,10-,11-/m0/s1. The fourth-order valence-electron chi connectivity index (χ4n) is 1.90. The Balaban J connectivity index is 5.00. The summed E-state index contributed by atoms with van der Waals surface area (Å²) in [5.74, 6) is -4.25. The first-order valence-electron chi connectivity index (χ1n) is 7.46. The molecule has 0 saturated carbocycles. The van der Waals surface area contributed by atoms with Gasteiger partial charge in [0.15, 0.2) is 0 Å². The maximum atomic E-state index is 12.3. The molecule has 10 nitrogen and oxygen atoms in total. The molecule has 1 amide bonds. The van der Waals surface area contributed by atoms with Crippen molar-refractivity contribution in [3.8, 4) is 0 Å². The summed E-state index contributed by atoms with van der Waals surface area (Å²) in [5.41, 5.74) is 5.49. The fraction of sp³-hybridized carbons (Fsp3) is 0.643. The minimum absolute atomic E-state index is 0.0975. The van der Waals surface area contributed by atoms with E-state index in [1.807, 2.05) is 0 Å². The highest BCUT2D eigenvalue weighted by Gasteiger charge is 2.28. The zero-order valence-electron chi connectivity index (χ0n) is 14.0. The van der Waals surface area contributed by atoms with Crippen LogP contribution in [0, 0.1) is 5.92 Å². The smallest absolute Gasteiger partial charge is 0.326 e. The van der Waals surface area contributed by atoms with Crippen molar-refractivity contribution in [3.05, 3.63) is 0 Å². The second kappa shape index (κ2) is 11.6. The summed E-state index contributed by atoms with van der Waals surface area (Å²) in [6.45, 7) is 2.74. The number of aliphatic carboxylic acids is 2. The summed E-state index contributed by atoms with van der Waals surface area (Å²) in [5, 5.41) is 19.5. The number of rotatable bonds is 12. The minimum atomic E-state index is -1.60. The Kier molecular flexibility index (Phi) is 10.6. The van der Waals surface area contributed by atoms with Crippen molar-refractivity contribution >= 4 is 40.7 Å². The monoisotopic (exact) mass is 377 g/mol. The maximum absolute atomic E-state index is 12.3. The van der Waals surface area contributed by atoms with Crippen molar-refractivity contribution in [3.63, 3.8) is 0 Å². The van der Waals surface area contributed by atoms with Gasteiger partial charge in [0, 0.05) is 19.4 Å². The van der Waals surface area contributed by atoms with Gasteiger partial charge >= 0.3 is 11.9 Å². The van der Waals surface area contributed by atoms with Gasteiger partial charge < -0.3 is 21.3 Å². The molecule has 11 heteroatoms. The molecule has 0 fully saturated rings. The van der Waals surface area contributed by atoms with Crippen LogP contribution in [0.25, 0.3) is 0 Å². The molecule has 3 atom stereocenters. The Morgan fingerprint density at radius 2 is 1.64 bits per heavy atom. The first-order valence-corrected chi connectivity index (χ1v) is 8.28. The Hall–Kier alpha value is -1.98. The molecule has 0 rings (SSSR count).